The molecule has 0 spiro atoms. The lowest BCUT2D eigenvalue weighted by atomic mass is 9.90. The molecule has 0 unspecified atom stereocenters. The van der Waals surface area contributed by atoms with Crippen molar-refractivity contribution in [1.29, 1.82) is 0 Å². The number of anilines is 1. The molecule has 2 rings (SSSR count). The Labute approximate surface area is 129 Å². The highest BCUT2D eigenvalue weighted by molar-refractivity contribution is 5.91. The maximum atomic E-state index is 14.1. The second-order valence-electron chi connectivity index (χ2n) is 5.34. The fourth-order valence-corrected chi connectivity index (χ4v) is 2.28. The molecule has 3 N–H and O–H groups in total. The van der Waals surface area contributed by atoms with Crippen LogP contribution in [0.4, 0.5) is 23.2 Å². The van der Waals surface area contributed by atoms with Gasteiger partial charge in [0.2, 0.25) is 5.91 Å². The molecule has 126 valence electrons. The number of hydrogen-bond acceptors (Lipinski definition) is 4. The number of amides is 1. The van der Waals surface area contributed by atoms with Crippen molar-refractivity contribution in [2.24, 2.45) is 10.7 Å². The van der Waals surface area contributed by atoms with Gasteiger partial charge in [0, 0.05) is 24.2 Å². The average Bonchev–Trinajstić information content (AvgIpc) is 2.38. The van der Waals surface area contributed by atoms with Crippen LogP contribution in [-0.2, 0) is 15.1 Å². The van der Waals surface area contributed by atoms with Crippen molar-refractivity contribution in [3.63, 3.8) is 0 Å². The average molecular weight is 333 g/mol. The van der Waals surface area contributed by atoms with E-state index in [1.54, 1.807) is 6.92 Å². The number of rotatable bonds is 3. The van der Waals surface area contributed by atoms with Gasteiger partial charge in [-0.3, -0.25) is 4.79 Å². The van der Waals surface area contributed by atoms with E-state index in [2.05, 4.69) is 10.3 Å². The highest BCUT2D eigenvalue weighted by atomic mass is 19.4. The van der Waals surface area contributed by atoms with E-state index in [0.717, 1.165) is 6.07 Å². The second kappa shape index (κ2) is 6.05. The third-order valence-electron chi connectivity index (χ3n) is 3.37. The Hall–Kier alpha value is -2.32. The first-order chi connectivity index (χ1) is 10.6. The number of nitrogens with one attached hydrogen (secondary N) is 1. The first-order valence-electron chi connectivity index (χ1n) is 6.75. The van der Waals surface area contributed by atoms with Crippen molar-refractivity contribution < 1.29 is 27.1 Å². The summed E-state index contributed by atoms with van der Waals surface area (Å²) in [5.41, 5.74) is 4.51. The van der Waals surface area contributed by atoms with Crippen molar-refractivity contribution in [3.8, 4) is 0 Å². The Kier molecular flexibility index (Phi) is 4.49. The summed E-state index contributed by atoms with van der Waals surface area (Å²) < 4.78 is 56.0. The van der Waals surface area contributed by atoms with E-state index in [0.29, 0.717) is 13.0 Å². The largest absolute Gasteiger partial charge is 0.454 e. The molecule has 5 nitrogen and oxygen atoms in total. The molecule has 0 fully saturated rings. The number of carbonyl (C=O) groups is 1. The molecule has 0 radical (unpaired) electrons. The second-order valence-corrected chi connectivity index (χ2v) is 5.34. The molecule has 1 heterocycles. The molecule has 23 heavy (non-hydrogen) atoms. The fraction of sp³-hybridized carbons (Fsp3) is 0.429. The molecule has 0 saturated carbocycles. The molecule has 1 atom stereocenters. The number of hydrogen-bond donors (Lipinski definition) is 2. The smallest absolute Gasteiger partial charge is 0.397 e. The third kappa shape index (κ3) is 4.33. The topological polar surface area (TPSA) is 76.7 Å². The van der Waals surface area contributed by atoms with Crippen molar-refractivity contribution in [1.82, 2.24) is 0 Å². The third-order valence-corrected chi connectivity index (χ3v) is 3.37. The first kappa shape index (κ1) is 17.0. The van der Waals surface area contributed by atoms with E-state index >= 15 is 0 Å². The summed E-state index contributed by atoms with van der Waals surface area (Å²) in [4.78, 5) is 15.2. The van der Waals surface area contributed by atoms with Gasteiger partial charge in [-0.25, -0.2) is 9.38 Å². The maximum absolute atomic E-state index is 14.1. The predicted octanol–water partition coefficient (Wildman–Crippen LogP) is 2.67. The summed E-state index contributed by atoms with van der Waals surface area (Å²) in [6.07, 6.45) is -5.89. The summed E-state index contributed by atoms with van der Waals surface area (Å²) in [5, 5.41) is 2.09. The van der Waals surface area contributed by atoms with Crippen LogP contribution in [0.2, 0.25) is 0 Å². The zero-order chi connectivity index (χ0) is 17.3. The van der Waals surface area contributed by atoms with Crippen molar-refractivity contribution in [3.05, 3.63) is 29.6 Å². The molecule has 0 aromatic heterocycles. The molecular weight excluding hydrogens is 318 g/mol. The van der Waals surface area contributed by atoms with Gasteiger partial charge in [0.15, 0.2) is 0 Å². The number of amidine groups is 1. The zero-order valence-electron chi connectivity index (χ0n) is 12.2. The summed E-state index contributed by atoms with van der Waals surface area (Å²) >= 11 is 0. The molecule has 9 heteroatoms. The number of carbonyl (C=O) groups excluding carboxylic acids is 1. The minimum Gasteiger partial charge on any atom is -0.454 e. The van der Waals surface area contributed by atoms with Gasteiger partial charge in [0.25, 0.3) is 6.02 Å². The van der Waals surface area contributed by atoms with Gasteiger partial charge in [-0.2, -0.15) is 13.2 Å². The molecule has 1 aromatic rings. The predicted molar refractivity (Wildman–Crippen MR) is 75.2 cm³/mol. The lowest BCUT2D eigenvalue weighted by Crippen LogP contribution is -2.38. The van der Waals surface area contributed by atoms with E-state index < -0.39 is 29.9 Å². The summed E-state index contributed by atoms with van der Waals surface area (Å²) in [6.45, 7) is 1.92. The quantitative estimate of drug-likeness (QED) is 0.835. The number of halogens is 4. The molecule has 1 aliphatic rings. The van der Waals surface area contributed by atoms with Gasteiger partial charge in [-0.15, -0.1) is 0 Å². The molecule has 1 aromatic carbocycles. The van der Waals surface area contributed by atoms with E-state index in [1.807, 2.05) is 0 Å². The number of aliphatic imine (C=N–C) groups is 1. The van der Waals surface area contributed by atoms with Gasteiger partial charge >= 0.3 is 6.18 Å². The van der Waals surface area contributed by atoms with Gasteiger partial charge < -0.3 is 15.8 Å². The number of ether oxygens (including phenoxy) is 1. The molecular formula is C14H15F4N3O2. The van der Waals surface area contributed by atoms with Gasteiger partial charge in [-0.05, 0) is 25.1 Å². The standard InChI is InChI=1S/C14H15F4N3O2/c1-13(4-5-20-12(19)23-13)9-6-8(2-3-10(9)15)21-11(22)7-14(16,17)18/h2-3,6H,4-5,7H2,1H3,(H2,19,20)(H,21,22)/t13-/m0/s1. The molecule has 0 saturated heterocycles. The number of alkyl halides is 3. The Balaban J connectivity index is 2.23. The van der Waals surface area contributed by atoms with Crippen molar-refractivity contribution in [2.75, 3.05) is 11.9 Å². The van der Waals surface area contributed by atoms with Gasteiger partial charge in [0.1, 0.15) is 17.8 Å². The van der Waals surface area contributed by atoms with Crippen LogP contribution in [0.1, 0.15) is 25.3 Å². The number of benzene rings is 1. The molecule has 1 aliphatic heterocycles. The Morgan fingerprint density at radius 2 is 2.17 bits per heavy atom. The minimum absolute atomic E-state index is 0.0431. The fourth-order valence-electron chi connectivity index (χ4n) is 2.28. The lowest BCUT2D eigenvalue weighted by Gasteiger charge is -2.33. The van der Waals surface area contributed by atoms with E-state index in [-0.39, 0.29) is 17.3 Å². The van der Waals surface area contributed by atoms with Crippen LogP contribution in [0.5, 0.6) is 0 Å². The van der Waals surface area contributed by atoms with Crippen LogP contribution in [0.3, 0.4) is 0 Å². The van der Waals surface area contributed by atoms with Crippen LogP contribution in [0.15, 0.2) is 23.2 Å². The van der Waals surface area contributed by atoms with Crippen LogP contribution in [0.25, 0.3) is 0 Å². The van der Waals surface area contributed by atoms with Crippen LogP contribution < -0.4 is 11.1 Å². The Bertz CT molecular complexity index is 645. The molecule has 0 bridgehead atoms. The van der Waals surface area contributed by atoms with E-state index in [1.165, 1.54) is 12.1 Å². The monoisotopic (exact) mass is 333 g/mol. The molecule has 0 aliphatic carbocycles. The Morgan fingerprint density at radius 3 is 2.78 bits per heavy atom. The Morgan fingerprint density at radius 1 is 1.48 bits per heavy atom. The zero-order valence-corrected chi connectivity index (χ0v) is 12.2. The van der Waals surface area contributed by atoms with Crippen LogP contribution in [0, 0.1) is 5.82 Å². The van der Waals surface area contributed by atoms with E-state index in [9.17, 15) is 22.4 Å². The lowest BCUT2D eigenvalue weighted by molar-refractivity contribution is -0.150. The number of nitrogens with zero attached hydrogens (tertiary/aromatic N) is 1. The highest BCUT2D eigenvalue weighted by Gasteiger charge is 2.35. The normalized spacial score (nSPS) is 21.3. The minimum atomic E-state index is -4.61. The van der Waals surface area contributed by atoms with Crippen molar-refractivity contribution >= 4 is 17.6 Å². The SMILES string of the molecule is C[C@@]1(c2cc(NC(=O)CC(F)(F)F)ccc2F)CCN=C(N)O1. The first-order valence-corrected chi connectivity index (χ1v) is 6.75. The van der Waals surface area contributed by atoms with Crippen molar-refractivity contribution in [2.45, 2.75) is 31.5 Å². The van der Waals surface area contributed by atoms with Gasteiger partial charge in [0.05, 0.1) is 0 Å². The molecule has 1 amide bonds. The summed E-state index contributed by atoms with van der Waals surface area (Å²) in [6, 6.07) is 3.37. The highest BCUT2D eigenvalue weighted by Crippen LogP contribution is 2.34. The summed E-state index contributed by atoms with van der Waals surface area (Å²) in [5.74, 6) is -1.85. The van der Waals surface area contributed by atoms with Crippen LogP contribution >= 0.6 is 0 Å². The van der Waals surface area contributed by atoms with E-state index in [4.69, 9.17) is 10.5 Å². The number of nitrogens with two attached hydrogens (primary N) is 1. The maximum Gasteiger partial charge on any atom is 0.397 e. The van der Waals surface area contributed by atoms with Gasteiger partial charge in [-0.1, -0.05) is 0 Å². The summed E-state index contributed by atoms with van der Waals surface area (Å²) in [7, 11) is 0. The van der Waals surface area contributed by atoms with Crippen LogP contribution in [-0.4, -0.2) is 24.6 Å².